The normalized spacial score (nSPS) is 15.0. The Hall–Kier alpha value is -0.290. The van der Waals surface area contributed by atoms with E-state index in [9.17, 15) is 13.2 Å². The van der Waals surface area contributed by atoms with Gasteiger partial charge in [-0.1, -0.05) is 20.8 Å². The summed E-state index contributed by atoms with van der Waals surface area (Å²) in [6, 6.07) is -0.144. The summed E-state index contributed by atoms with van der Waals surface area (Å²) in [5.74, 6) is 0. The van der Waals surface area contributed by atoms with Crippen molar-refractivity contribution < 1.29 is 13.2 Å². The molecule has 0 aliphatic rings. The van der Waals surface area contributed by atoms with Gasteiger partial charge >= 0.3 is 6.18 Å². The van der Waals surface area contributed by atoms with E-state index in [4.69, 9.17) is 0 Å². The van der Waals surface area contributed by atoms with Crippen LogP contribution in [0.5, 0.6) is 0 Å². The molecular formula is C14H29F3N2. The highest BCUT2D eigenvalue weighted by atomic mass is 19.4. The van der Waals surface area contributed by atoms with Crippen molar-refractivity contribution in [1.82, 2.24) is 10.2 Å². The van der Waals surface area contributed by atoms with Gasteiger partial charge in [-0.25, -0.2) is 0 Å². The van der Waals surface area contributed by atoms with Crippen molar-refractivity contribution in [3.8, 4) is 0 Å². The fourth-order valence-corrected chi connectivity index (χ4v) is 2.59. The molecular weight excluding hydrogens is 253 g/mol. The highest BCUT2D eigenvalue weighted by molar-refractivity contribution is 4.93. The quantitative estimate of drug-likeness (QED) is 0.691. The van der Waals surface area contributed by atoms with Gasteiger partial charge in [0.25, 0.3) is 0 Å². The number of likely N-dealkylation sites (N-methyl/N-ethyl adjacent to an activating group) is 1. The summed E-state index contributed by atoms with van der Waals surface area (Å²) in [5, 5.41) is 3.29. The van der Waals surface area contributed by atoms with Gasteiger partial charge in [-0.2, -0.15) is 13.2 Å². The molecule has 0 aliphatic heterocycles. The Balaban J connectivity index is 4.79. The van der Waals surface area contributed by atoms with E-state index >= 15 is 0 Å². The maximum atomic E-state index is 12.4. The molecule has 0 aromatic carbocycles. The number of nitrogens with one attached hydrogen (secondary N) is 1. The third-order valence-electron chi connectivity index (χ3n) is 3.79. The van der Waals surface area contributed by atoms with Crippen molar-refractivity contribution in [2.75, 3.05) is 19.6 Å². The van der Waals surface area contributed by atoms with E-state index in [-0.39, 0.29) is 18.0 Å². The molecule has 0 radical (unpaired) electrons. The average molecular weight is 282 g/mol. The summed E-state index contributed by atoms with van der Waals surface area (Å²) >= 11 is 0. The monoisotopic (exact) mass is 282 g/mol. The average Bonchev–Trinajstić information content (AvgIpc) is 2.28. The SMILES string of the molecule is CCCNC(CCC(F)(F)F)C(C)(C)N(CC)CC. The highest BCUT2D eigenvalue weighted by Gasteiger charge is 2.36. The third-order valence-corrected chi connectivity index (χ3v) is 3.79. The molecule has 0 bridgehead atoms. The fraction of sp³-hybridized carbons (Fsp3) is 1.00. The smallest absolute Gasteiger partial charge is 0.312 e. The molecule has 0 saturated heterocycles. The van der Waals surface area contributed by atoms with Crippen LogP contribution < -0.4 is 5.32 Å². The summed E-state index contributed by atoms with van der Waals surface area (Å²) < 4.78 is 37.3. The van der Waals surface area contributed by atoms with Crippen molar-refractivity contribution in [1.29, 1.82) is 0 Å². The molecule has 1 N–H and O–H groups in total. The summed E-state index contributed by atoms with van der Waals surface area (Å²) in [6.45, 7) is 12.6. The topological polar surface area (TPSA) is 15.3 Å². The first kappa shape index (κ1) is 18.7. The lowest BCUT2D eigenvalue weighted by atomic mass is 9.88. The second kappa shape index (κ2) is 8.10. The Kier molecular flexibility index (Phi) is 7.98. The Labute approximate surface area is 115 Å². The lowest BCUT2D eigenvalue weighted by molar-refractivity contribution is -0.138. The fourth-order valence-electron chi connectivity index (χ4n) is 2.59. The zero-order chi connectivity index (χ0) is 15.1. The van der Waals surface area contributed by atoms with Crippen molar-refractivity contribution >= 4 is 0 Å². The molecule has 19 heavy (non-hydrogen) atoms. The number of alkyl halides is 3. The van der Waals surface area contributed by atoms with Gasteiger partial charge in [0.2, 0.25) is 0 Å². The highest BCUT2D eigenvalue weighted by Crippen LogP contribution is 2.28. The minimum Gasteiger partial charge on any atom is -0.312 e. The molecule has 5 heteroatoms. The number of nitrogens with zero attached hydrogens (tertiary/aromatic N) is 1. The lowest BCUT2D eigenvalue weighted by Crippen LogP contribution is -2.58. The van der Waals surface area contributed by atoms with E-state index in [1.807, 2.05) is 34.6 Å². The number of rotatable bonds is 9. The van der Waals surface area contributed by atoms with Crippen LogP contribution in [0.1, 0.15) is 53.9 Å². The largest absolute Gasteiger partial charge is 0.389 e. The minimum atomic E-state index is -4.08. The van der Waals surface area contributed by atoms with Crippen molar-refractivity contribution in [2.24, 2.45) is 0 Å². The van der Waals surface area contributed by atoms with Crippen LogP contribution in [0, 0.1) is 0 Å². The van der Waals surface area contributed by atoms with Crippen LogP contribution in [0.2, 0.25) is 0 Å². The van der Waals surface area contributed by atoms with E-state index in [0.717, 1.165) is 26.1 Å². The molecule has 116 valence electrons. The van der Waals surface area contributed by atoms with Crippen molar-refractivity contribution in [2.45, 2.75) is 71.6 Å². The predicted molar refractivity (Wildman–Crippen MR) is 74.4 cm³/mol. The minimum absolute atomic E-state index is 0.132. The molecule has 0 aliphatic carbocycles. The maximum Gasteiger partial charge on any atom is 0.389 e. The van der Waals surface area contributed by atoms with Gasteiger partial charge in [-0.3, -0.25) is 4.90 Å². The van der Waals surface area contributed by atoms with Crippen LogP contribution in [0.25, 0.3) is 0 Å². The first-order chi connectivity index (χ1) is 8.69. The molecule has 0 amide bonds. The molecule has 1 unspecified atom stereocenters. The van der Waals surface area contributed by atoms with Crippen LogP contribution in [-0.2, 0) is 0 Å². The second-order valence-electron chi connectivity index (χ2n) is 5.49. The van der Waals surface area contributed by atoms with Gasteiger partial charge in [-0.05, 0) is 46.3 Å². The molecule has 0 spiro atoms. The van der Waals surface area contributed by atoms with E-state index in [1.54, 1.807) is 0 Å². The summed E-state index contributed by atoms with van der Waals surface area (Å²) in [5.41, 5.74) is -0.274. The molecule has 0 fully saturated rings. The molecule has 0 aromatic heterocycles. The molecule has 0 aromatic rings. The Morgan fingerprint density at radius 3 is 1.95 bits per heavy atom. The van der Waals surface area contributed by atoms with E-state index in [1.165, 1.54) is 0 Å². The van der Waals surface area contributed by atoms with Gasteiger partial charge in [-0.15, -0.1) is 0 Å². The van der Waals surface area contributed by atoms with Crippen LogP contribution in [0.15, 0.2) is 0 Å². The molecule has 0 heterocycles. The first-order valence-corrected chi connectivity index (χ1v) is 7.24. The number of hydrogen-bond donors (Lipinski definition) is 1. The Morgan fingerprint density at radius 2 is 1.58 bits per heavy atom. The molecule has 0 rings (SSSR count). The van der Waals surface area contributed by atoms with Gasteiger partial charge in [0.1, 0.15) is 0 Å². The van der Waals surface area contributed by atoms with Crippen molar-refractivity contribution in [3.05, 3.63) is 0 Å². The summed E-state index contributed by atoms with van der Waals surface area (Å²) in [4.78, 5) is 2.22. The van der Waals surface area contributed by atoms with Crippen molar-refractivity contribution in [3.63, 3.8) is 0 Å². The second-order valence-corrected chi connectivity index (χ2v) is 5.49. The van der Waals surface area contributed by atoms with E-state index < -0.39 is 12.6 Å². The van der Waals surface area contributed by atoms with Gasteiger partial charge in [0, 0.05) is 18.0 Å². The lowest BCUT2D eigenvalue weighted by Gasteiger charge is -2.44. The Morgan fingerprint density at radius 1 is 1.05 bits per heavy atom. The van der Waals surface area contributed by atoms with Crippen LogP contribution in [0.3, 0.4) is 0 Å². The van der Waals surface area contributed by atoms with E-state index in [0.29, 0.717) is 0 Å². The van der Waals surface area contributed by atoms with Crippen LogP contribution in [0.4, 0.5) is 13.2 Å². The Bertz CT molecular complexity index is 235. The van der Waals surface area contributed by atoms with Gasteiger partial charge in [0.05, 0.1) is 0 Å². The predicted octanol–water partition coefficient (Wildman–Crippen LogP) is 3.82. The molecule has 0 saturated carbocycles. The van der Waals surface area contributed by atoms with Gasteiger partial charge in [0.15, 0.2) is 0 Å². The number of hydrogen-bond acceptors (Lipinski definition) is 2. The standard InChI is InChI=1S/C14H29F3N2/c1-6-11-18-12(9-10-14(15,16)17)13(4,5)19(7-2)8-3/h12,18H,6-11H2,1-5H3. The zero-order valence-corrected chi connectivity index (χ0v) is 12.9. The first-order valence-electron chi connectivity index (χ1n) is 7.24. The maximum absolute atomic E-state index is 12.4. The zero-order valence-electron chi connectivity index (χ0n) is 12.9. The van der Waals surface area contributed by atoms with Gasteiger partial charge < -0.3 is 5.32 Å². The van der Waals surface area contributed by atoms with E-state index in [2.05, 4.69) is 10.2 Å². The van der Waals surface area contributed by atoms with Crippen LogP contribution in [-0.4, -0.2) is 42.3 Å². The van der Waals surface area contributed by atoms with Crippen LogP contribution >= 0.6 is 0 Å². The summed E-state index contributed by atoms with van der Waals surface area (Å²) in [7, 11) is 0. The third kappa shape index (κ3) is 6.61. The molecule has 2 nitrogen and oxygen atoms in total. The molecule has 1 atom stereocenters. The number of halogens is 3. The summed E-state index contributed by atoms with van der Waals surface area (Å²) in [6.07, 6.45) is -3.74.